The number of nitrogens with two attached hydrogens (primary N) is 1. The van der Waals surface area contributed by atoms with Gasteiger partial charge in [0.15, 0.2) is 0 Å². The number of anilines is 1. The SMILES string of the molecule is CN1C(=O)[C@@H](N)CSc2cnc(F)cc21. The van der Waals surface area contributed by atoms with E-state index in [4.69, 9.17) is 5.73 Å². The minimum absolute atomic E-state index is 0.202. The van der Waals surface area contributed by atoms with E-state index in [1.165, 1.54) is 28.9 Å². The molecule has 0 fully saturated rings. The van der Waals surface area contributed by atoms with Gasteiger partial charge in [0.25, 0.3) is 0 Å². The molecular weight excluding hydrogens is 217 g/mol. The largest absolute Gasteiger partial charge is 0.319 e. The Labute approximate surface area is 90.7 Å². The number of hydrogen-bond donors (Lipinski definition) is 1. The Morgan fingerprint density at radius 1 is 1.73 bits per heavy atom. The zero-order chi connectivity index (χ0) is 11.0. The third kappa shape index (κ3) is 1.82. The lowest BCUT2D eigenvalue weighted by Gasteiger charge is -2.18. The molecule has 1 aromatic rings. The highest BCUT2D eigenvalue weighted by molar-refractivity contribution is 7.99. The first-order valence-electron chi connectivity index (χ1n) is 4.41. The van der Waals surface area contributed by atoms with E-state index >= 15 is 0 Å². The molecule has 1 atom stereocenters. The molecule has 2 N–H and O–H groups in total. The Morgan fingerprint density at radius 3 is 3.20 bits per heavy atom. The maximum atomic E-state index is 12.9. The first kappa shape index (κ1) is 10.4. The first-order valence-corrected chi connectivity index (χ1v) is 5.39. The summed E-state index contributed by atoms with van der Waals surface area (Å²) in [5.41, 5.74) is 6.19. The molecule has 1 aliphatic rings. The average Bonchev–Trinajstić information content (AvgIpc) is 2.32. The monoisotopic (exact) mass is 227 g/mol. The lowest BCUT2D eigenvalue weighted by Crippen LogP contribution is -2.42. The van der Waals surface area contributed by atoms with Crippen molar-refractivity contribution >= 4 is 23.4 Å². The highest BCUT2D eigenvalue weighted by Crippen LogP contribution is 2.32. The number of hydrogen-bond acceptors (Lipinski definition) is 4. The quantitative estimate of drug-likeness (QED) is 0.660. The highest BCUT2D eigenvalue weighted by atomic mass is 32.2. The van der Waals surface area contributed by atoms with Gasteiger partial charge in [-0.15, -0.1) is 11.8 Å². The maximum Gasteiger partial charge on any atom is 0.244 e. The number of amides is 1. The van der Waals surface area contributed by atoms with Gasteiger partial charge >= 0.3 is 0 Å². The van der Waals surface area contributed by atoms with E-state index in [-0.39, 0.29) is 5.91 Å². The summed E-state index contributed by atoms with van der Waals surface area (Å²) in [4.78, 5) is 17.4. The van der Waals surface area contributed by atoms with Crippen LogP contribution in [0.3, 0.4) is 0 Å². The van der Waals surface area contributed by atoms with E-state index in [0.717, 1.165) is 4.90 Å². The molecule has 0 bridgehead atoms. The van der Waals surface area contributed by atoms with Crippen LogP contribution in [-0.2, 0) is 4.79 Å². The summed E-state index contributed by atoms with van der Waals surface area (Å²) < 4.78 is 12.9. The molecule has 1 aromatic heterocycles. The molecule has 6 heteroatoms. The van der Waals surface area contributed by atoms with E-state index in [2.05, 4.69) is 4.98 Å². The summed E-state index contributed by atoms with van der Waals surface area (Å²) in [7, 11) is 1.59. The Kier molecular flexibility index (Phi) is 2.62. The third-order valence-electron chi connectivity index (χ3n) is 2.24. The van der Waals surface area contributed by atoms with Gasteiger partial charge in [0, 0.05) is 30.0 Å². The van der Waals surface area contributed by atoms with Crippen molar-refractivity contribution in [2.24, 2.45) is 5.73 Å². The molecular formula is C9H10FN3OS. The number of thioether (sulfide) groups is 1. The first-order chi connectivity index (χ1) is 7.09. The van der Waals surface area contributed by atoms with Crippen LogP contribution in [0, 0.1) is 5.95 Å². The predicted molar refractivity (Wildman–Crippen MR) is 56.3 cm³/mol. The van der Waals surface area contributed by atoms with Crippen LogP contribution in [0.2, 0.25) is 0 Å². The number of nitrogens with zero attached hydrogens (tertiary/aromatic N) is 2. The van der Waals surface area contributed by atoms with Crippen LogP contribution in [-0.4, -0.2) is 29.7 Å². The Morgan fingerprint density at radius 2 is 2.47 bits per heavy atom. The second-order valence-electron chi connectivity index (χ2n) is 3.29. The van der Waals surface area contributed by atoms with Crippen molar-refractivity contribution in [2.45, 2.75) is 10.9 Å². The summed E-state index contributed by atoms with van der Waals surface area (Å²) in [6.07, 6.45) is 1.43. The molecule has 0 radical (unpaired) electrons. The number of carbonyl (C=O) groups excluding carboxylic acids is 1. The van der Waals surface area contributed by atoms with E-state index in [1.54, 1.807) is 7.05 Å². The lowest BCUT2D eigenvalue weighted by atomic mass is 10.3. The molecule has 0 spiro atoms. The molecule has 4 nitrogen and oxygen atoms in total. The van der Waals surface area contributed by atoms with Crippen LogP contribution in [0.5, 0.6) is 0 Å². The van der Waals surface area contributed by atoms with Crippen molar-refractivity contribution in [3.8, 4) is 0 Å². The van der Waals surface area contributed by atoms with E-state index in [1.807, 2.05) is 0 Å². The topological polar surface area (TPSA) is 59.2 Å². The minimum Gasteiger partial charge on any atom is -0.319 e. The third-order valence-corrected chi connectivity index (χ3v) is 3.39. The lowest BCUT2D eigenvalue weighted by molar-refractivity contribution is -0.119. The van der Waals surface area contributed by atoms with E-state index in [9.17, 15) is 9.18 Å². The van der Waals surface area contributed by atoms with Crippen LogP contribution < -0.4 is 10.6 Å². The van der Waals surface area contributed by atoms with Crippen LogP contribution >= 0.6 is 11.8 Å². The van der Waals surface area contributed by atoms with Gasteiger partial charge in [-0.1, -0.05) is 0 Å². The van der Waals surface area contributed by atoms with Gasteiger partial charge in [0.05, 0.1) is 11.7 Å². The van der Waals surface area contributed by atoms with Crippen molar-refractivity contribution in [3.63, 3.8) is 0 Å². The number of halogens is 1. The molecule has 2 heterocycles. The second-order valence-corrected chi connectivity index (χ2v) is 4.35. The summed E-state index contributed by atoms with van der Waals surface area (Å²) >= 11 is 1.42. The van der Waals surface area contributed by atoms with Crippen LogP contribution in [0.25, 0.3) is 0 Å². The highest BCUT2D eigenvalue weighted by Gasteiger charge is 2.26. The fraction of sp³-hybridized carbons (Fsp3) is 0.333. The van der Waals surface area contributed by atoms with Crippen molar-refractivity contribution < 1.29 is 9.18 Å². The predicted octanol–water partition coefficient (Wildman–Crippen LogP) is 0.616. The van der Waals surface area contributed by atoms with Gasteiger partial charge in [0.2, 0.25) is 11.9 Å². The van der Waals surface area contributed by atoms with Crippen LogP contribution in [0.4, 0.5) is 10.1 Å². The van der Waals surface area contributed by atoms with Crippen molar-refractivity contribution in [1.29, 1.82) is 0 Å². The van der Waals surface area contributed by atoms with Crippen molar-refractivity contribution in [3.05, 3.63) is 18.2 Å². The maximum absolute atomic E-state index is 12.9. The molecule has 1 aliphatic heterocycles. The van der Waals surface area contributed by atoms with Gasteiger partial charge in [-0.05, 0) is 0 Å². The summed E-state index contributed by atoms with van der Waals surface area (Å²) in [6, 6.07) is 0.702. The Bertz CT molecular complexity index is 412. The van der Waals surface area contributed by atoms with Crippen LogP contribution in [0.1, 0.15) is 0 Å². The molecule has 0 saturated carbocycles. The van der Waals surface area contributed by atoms with Gasteiger partial charge in [0.1, 0.15) is 0 Å². The number of aromatic nitrogens is 1. The normalized spacial score (nSPS) is 21.1. The number of rotatable bonds is 0. The van der Waals surface area contributed by atoms with E-state index in [0.29, 0.717) is 11.4 Å². The molecule has 0 saturated heterocycles. The van der Waals surface area contributed by atoms with Gasteiger partial charge in [-0.3, -0.25) is 4.79 Å². The fourth-order valence-electron chi connectivity index (χ4n) is 1.40. The van der Waals surface area contributed by atoms with Gasteiger partial charge < -0.3 is 10.6 Å². The van der Waals surface area contributed by atoms with E-state index < -0.39 is 12.0 Å². The number of carbonyl (C=O) groups is 1. The molecule has 0 aliphatic carbocycles. The van der Waals surface area contributed by atoms with Crippen molar-refractivity contribution in [2.75, 3.05) is 17.7 Å². The minimum atomic E-state index is -0.593. The molecule has 0 unspecified atom stereocenters. The molecule has 1 amide bonds. The Hall–Kier alpha value is -1.14. The molecule has 0 aromatic carbocycles. The molecule has 15 heavy (non-hydrogen) atoms. The standard InChI is InChI=1S/C9H10FN3OS/c1-13-6-2-8(10)12-3-7(6)15-4-5(11)9(13)14/h2-3,5H,4,11H2,1H3/t5-/m0/s1. The number of pyridine rings is 1. The molecule has 80 valence electrons. The summed E-state index contributed by atoms with van der Waals surface area (Å²) in [5.74, 6) is -0.306. The number of fused-ring (bicyclic) bond motifs is 1. The van der Waals surface area contributed by atoms with Gasteiger partial charge in [-0.2, -0.15) is 4.39 Å². The summed E-state index contributed by atoms with van der Waals surface area (Å²) in [5, 5.41) is 0. The number of likely N-dealkylation sites (N-methyl/N-ethyl adjacent to an activating group) is 1. The zero-order valence-corrected chi connectivity index (χ0v) is 8.92. The molecule has 2 rings (SSSR count). The smallest absolute Gasteiger partial charge is 0.244 e. The zero-order valence-electron chi connectivity index (χ0n) is 8.11. The van der Waals surface area contributed by atoms with Crippen LogP contribution in [0.15, 0.2) is 17.2 Å². The fourth-order valence-corrected chi connectivity index (χ4v) is 2.37. The van der Waals surface area contributed by atoms with Gasteiger partial charge in [-0.25, -0.2) is 4.98 Å². The van der Waals surface area contributed by atoms with Crippen molar-refractivity contribution in [1.82, 2.24) is 4.98 Å². The average molecular weight is 227 g/mol. The Balaban J connectivity index is 2.48. The second kappa shape index (κ2) is 3.79. The summed E-state index contributed by atoms with van der Waals surface area (Å²) in [6.45, 7) is 0.